The molecule has 0 saturated carbocycles. The van der Waals surface area contributed by atoms with Crippen molar-refractivity contribution in [3.8, 4) is 0 Å². The van der Waals surface area contributed by atoms with Gasteiger partial charge in [0.15, 0.2) is 0 Å². The number of rotatable bonds is 3. The van der Waals surface area contributed by atoms with Crippen LogP contribution in [0, 0.1) is 0 Å². The standard InChI is InChI=1S/C11H21N3O/c1-11(2,12-3)10(15)13-9-5-7-14(4)8-6-9/h9H,3,5-8H2,1-2,4H3,(H,13,15). The Morgan fingerprint density at radius 1 is 1.47 bits per heavy atom. The van der Waals surface area contributed by atoms with E-state index >= 15 is 0 Å². The quantitative estimate of drug-likeness (QED) is 0.698. The Labute approximate surface area is 91.7 Å². The van der Waals surface area contributed by atoms with Crippen molar-refractivity contribution < 1.29 is 4.79 Å². The molecule has 1 saturated heterocycles. The van der Waals surface area contributed by atoms with E-state index in [0.717, 1.165) is 25.9 Å². The highest BCUT2D eigenvalue weighted by molar-refractivity contribution is 5.86. The van der Waals surface area contributed by atoms with Gasteiger partial charge >= 0.3 is 0 Å². The minimum absolute atomic E-state index is 0.0212. The molecule has 1 fully saturated rings. The van der Waals surface area contributed by atoms with E-state index in [1.54, 1.807) is 13.8 Å². The Bertz CT molecular complexity index is 242. The van der Waals surface area contributed by atoms with Crippen LogP contribution in [-0.2, 0) is 4.79 Å². The summed E-state index contributed by atoms with van der Waals surface area (Å²) in [5.41, 5.74) is -0.705. The number of piperidine rings is 1. The van der Waals surface area contributed by atoms with Crippen molar-refractivity contribution in [3.63, 3.8) is 0 Å². The molecule has 0 spiro atoms. The normalized spacial score (nSPS) is 19.9. The average Bonchev–Trinajstić information content (AvgIpc) is 2.21. The SMILES string of the molecule is C=NC(C)(C)C(=O)NC1CCN(C)CC1. The van der Waals surface area contributed by atoms with E-state index in [4.69, 9.17) is 0 Å². The van der Waals surface area contributed by atoms with Gasteiger partial charge in [-0.2, -0.15) is 0 Å². The maximum Gasteiger partial charge on any atom is 0.247 e. The topological polar surface area (TPSA) is 44.7 Å². The summed E-state index contributed by atoms with van der Waals surface area (Å²) in [7, 11) is 2.10. The summed E-state index contributed by atoms with van der Waals surface area (Å²) in [5, 5.41) is 3.03. The molecular weight excluding hydrogens is 190 g/mol. The van der Waals surface area contributed by atoms with E-state index in [-0.39, 0.29) is 5.91 Å². The lowest BCUT2D eigenvalue weighted by Crippen LogP contribution is -2.49. The number of nitrogens with one attached hydrogen (secondary N) is 1. The zero-order valence-electron chi connectivity index (χ0n) is 9.92. The van der Waals surface area contributed by atoms with Gasteiger partial charge < -0.3 is 10.2 Å². The molecule has 1 aliphatic heterocycles. The van der Waals surface area contributed by atoms with Crippen LogP contribution in [-0.4, -0.2) is 49.2 Å². The lowest BCUT2D eigenvalue weighted by molar-refractivity contribution is -0.126. The summed E-state index contributed by atoms with van der Waals surface area (Å²) >= 11 is 0. The van der Waals surface area contributed by atoms with Gasteiger partial charge in [0.2, 0.25) is 5.91 Å². The third-order valence-electron chi connectivity index (χ3n) is 3.00. The van der Waals surface area contributed by atoms with Crippen molar-refractivity contribution in [3.05, 3.63) is 0 Å². The third kappa shape index (κ3) is 3.30. The number of aliphatic imine (C=N–C) groups is 1. The summed E-state index contributed by atoms with van der Waals surface area (Å²) in [4.78, 5) is 17.9. The molecule has 0 aromatic rings. The number of nitrogens with zero attached hydrogens (tertiary/aromatic N) is 2. The van der Waals surface area contributed by atoms with Gasteiger partial charge in [0, 0.05) is 6.04 Å². The first-order valence-electron chi connectivity index (χ1n) is 5.43. The van der Waals surface area contributed by atoms with E-state index in [1.165, 1.54) is 0 Å². The number of hydrogen-bond acceptors (Lipinski definition) is 3. The number of likely N-dealkylation sites (tertiary alicyclic amines) is 1. The highest BCUT2D eigenvalue weighted by Crippen LogP contribution is 2.12. The number of carbonyl (C=O) groups is 1. The first kappa shape index (κ1) is 12.2. The molecule has 1 N–H and O–H groups in total. The summed E-state index contributed by atoms with van der Waals surface area (Å²) in [5.74, 6) is -0.0212. The summed E-state index contributed by atoms with van der Waals surface area (Å²) in [6.07, 6.45) is 2.05. The lowest BCUT2D eigenvalue weighted by Gasteiger charge is -2.31. The van der Waals surface area contributed by atoms with Crippen LogP contribution in [0.4, 0.5) is 0 Å². The monoisotopic (exact) mass is 211 g/mol. The van der Waals surface area contributed by atoms with Gasteiger partial charge in [0.1, 0.15) is 5.54 Å². The molecule has 0 aliphatic carbocycles. The predicted octanol–water partition coefficient (Wildman–Crippen LogP) is 0.676. The fourth-order valence-electron chi connectivity index (χ4n) is 1.59. The van der Waals surface area contributed by atoms with Crippen molar-refractivity contribution in [2.24, 2.45) is 4.99 Å². The fraction of sp³-hybridized carbons (Fsp3) is 0.818. The molecule has 86 valence electrons. The average molecular weight is 211 g/mol. The van der Waals surface area contributed by atoms with Gasteiger partial charge in [0.05, 0.1) is 0 Å². The molecule has 0 aromatic carbocycles. The van der Waals surface area contributed by atoms with Crippen LogP contribution in [0.1, 0.15) is 26.7 Å². The number of amides is 1. The molecule has 0 unspecified atom stereocenters. The van der Waals surface area contributed by atoms with Gasteiger partial charge in [-0.25, -0.2) is 0 Å². The smallest absolute Gasteiger partial charge is 0.247 e. The van der Waals surface area contributed by atoms with E-state index in [0.29, 0.717) is 6.04 Å². The molecule has 0 aromatic heterocycles. The second-order valence-electron chi connectivity index (χ2n) is 4.77. The minimum atomic E-state index is -0.705. The molecule has 0 radical (unpaired) electrons. The Kier molecular flexibility index (Phi) is 3.85. The van der Waals surface area contributed by atoms with E-state index < -0.39 is 5.54 Å². The van der Waals surface area contributed by atoms with Crippen molar-refractivity contribution in [1.29, 1.82) is 0 Å². The minimum Gasteiger partial charge on any atom is -0.351 e. The van der Waals surface area contributed by atoms with Crippen LogP contribution in [0.25, 0.3) is 0 Å². The van der Waals surface area contributed by atoms with E-state index in [1.807, 2.05) is 0 Å². The van der Waals surface area contributed by atoms with Crippen LogP contribution >= 0.6 is 0 Å². The van der Waals surface area contributed by atoms with Crippen LogP contribution in [0.2, 0.25) is 0 Å². The second-order valence-corrected chi connectivity index (χ2v) is 4.77. The molecule has 1 amide bonds. The highest BCUT2D eigenvalue weighted by Gasteiger charge is 2.28. The molecule has 4 nitrogen and oxygen atoms in total. The maximum atomic E-state index is 11.8. The zero-order chi connectivity index (χ0) is 11.5. The second kappa shape index (κ2) is 4.75. The first-order valence-corrected chi connectivity index (χ1v) is 5.43. The molecule has 1 rings (SSSR count). The number of carbonyl (C=O) groups excluding carboxylic acids is 1. The highest BCUT2D eigenvalue weighted by atomic mass is 16.2. The molecule has 15 heavy (non-hydrogen) atoms. The van der Waals surface area contributed by atoms with Crippen LogP contribution in [0.3, 0.4) is 0 Å². The van der Waals surface area contributed by atoms with Gasteiger partial charge in [-0.15, -0.1) is 0 Å². The lowest BCUT2D eigenvalue weighted by atomic mass is 10.0. The maximum absolute atomic E-state index is 11.8. The Morgan fingerprint density at radius 3 is 2.47 bits per heavy atom. The van der Waals surface area contributed by atoms with Crippen molar-refractivity contribution in [1.82, 2.24) is 10.2 Å². The number of hydrogen-bond donors (Lipinski definition) is 1. The molecule has 4 heteroatoms. The third-order valence-corrected chi connectivity index (χ3v) is 3.00. The van der Waals surface area contributed by atoms with Gasteiger partial charge in [-0.05, 0) is 53.5 Å². The molecule has 0 atom stereocenters. The Morgan fingerprint density at radius 2 is 2.00 bits per heavy atom. The van der Waals surface area contributed by atoms with E-state index in [2.05, 4.69) is 29.0 Å². The van der Waals surface area contributed by atoms with Crippen LogP contribution in [0.15, 0.2) is 4.99 Å². The van der Waals surface area contributed by atoms with Crippen LogP contribution < -0.4 is 5.32 Å². The van der Waals surface area contributed by atoms with Crippen LogP contribution in [0.5, 0.6) is 0 Å². The summed E-state index contributed by atoms with van der Waals surface area (Å²) in [6.45, 7) is 9.10. The van der Waals surface area contributed by atoms with E-state index in [9.17, 15) is 4.79 Å². The molecule has 1 heterocycles. The van der Waals surface area contributed by atoms with Gasteiger partial charge in [-0.1, -0.05) is 0 Å². The zero-order valence-corrected chi connectivity index (χ0v) is 9.92. The summed E-state index contributed by atoms with van der Waals surface area (Å²) in [6, 6.07) is 0.301. The van der Waals surface area contributed by atoms with Crippen molar-refractivity contribution >= 4 is 12.6 Å². The Balaban J connectivity index is 2.42. The molecule has 0 bridgehead atoms. The van der Waals surface area contributed by atoms with Gasteiger partial charge in [0.25, 0.3) is 0 Å². The summed E-state index contributed by atoms with van der Waals surface area (Å²) < 4.78 is 0. The predicted molar refractivity (Wildman–Crippen MR) is 62.3 cm³/mol. The largest absolute Gasteiger partial charge is 0.351 e. The van der Waals surface area contributed by atoms with Crippen molar-refractivity contribution in [2.45, 2.75) is 38.3 Å². The molecule has 1 aliphatic rings. The first-order chi connectivity index (χ1) is 6.95. The molecular formula is C11H21N3O. The fourth-order valence-corrected chi connectivity index (χ4v) is 1.59. The van der Waals surface area contributed by atoms with Crippen molar-refractivity contribution in [2.75, 3.05) is 20.1 Å². The van der Waals surface area contributed by atoms with Gasteiger partial charge in [-0.3, -0.25) is 9.79 Å². The Hall–Kier alpha value is -0.900.